The number of hydrogen-bond donors (Lipinski definition) is 2. The van der Waals surface area contributed by atoms with Crippen molar-refractivity contribution in [3.05, 3.63) is 36.2 Å². The Morgan fingerprint density at radius 3 is 2.43 bits per heavy atom. The number of amides is 1. The predicted octanol–water partition coefficient (Wildman–Crippen LogP) is 3.52. The fourth-order valence-electron chi connectivity index (χ4n) is 2.08. The van der Waals surface area contributed by atoms with E-state index in [-0.39, 0.29) is 5.91 Å². The Kier molecular flexibility index (Phi) is 5.51. The van der Waals surface area contributed by atoms with Crippen molar-refractivity contribution in [3.8, 4) is 5.88 Å². The molecular weight excluding hydrogens is 292 g/mol. The largest absolute Gasteiger partial charge is 0.481 e. The maximum absolute atomic E-state index is 11.7. The minimum Gasteiger partial charge on any atom is -0.481 e. The van der Waals surface area contributed by atoms with Gasteiger partial charge in [-0.2, -0.15) is 4.98 Å². The zero-order valence-corrected chi connectivity index (χ0v) is 13.9. The van der Waals surface area contributed by atoms with Gasteiger partial charge in [0.2, 0.25) is 11.8 Å². The van der Waals surface area contributed by atoms with Crippen molar-refractivity contribution in [2.75, 3.05) is 17.7 Å². The Morgan fingerprint density at radius 2 is 1.83 bits per heavy atom. The zero-order valence-electron chi connectivity index (χ0n) is 13.9. The van der Waals surface area contributed by atoms with Gasteiger partial charge in [0.1, 0.15) is 11.6 Å². The molecule has 0 unspecified atom stereocenters. The van der Waals surface area contributed by atoms with Crippen LogP contribution in [0.3, 0.4) is 0 Å². The lowest BCUT2D eigenvalue weighted by molar-refractivity contribution is -0.116. The fourth-order valence-corrected chi connectivity index (χ4v) is 2.08. The molecule has 0 spiro atoms. The first-order valence-electron chi connectivity index (χ1n) is 7.53. The highest BCUT2D eigenvalue weighted by molar-refractivity contribution is 5.91. The van der Waals surface area contributed by atoms with E-state index in [1.165, 1.54) is 0 Å². The number of aromatic nitrogens is 2. The second-order valence-electron chi connectivity index (χ2n) is 5.69. The molecule has 0 aliphatic heterocycles. The Balaban J connectivity index is 2.02. The molecule has 0 saturated heterocycles. The van der Waals surface area contributed by atoms with Crippen LogP contribution in [0.1, 0.15) is 26.1 Å². The van der Waals surface area contributed by atoms with Gasteiger partial charge in [-0.3, -0.25) is 4.79 Å². The summed E-state index contributed by atoms with van der Waals surface area (Å²) in [5.41, 5.74) is 1.64. The minimum atomic E-state index is 0.0249. The van der Waals surface area contributed by atoms with Crippen LogP contribution in [0.4, 0.5) is 17.2 Å². The van der Waals surface area contributed by atoms with Gasteiger partial charge in [0, 0.05) is 23.9 Å². The lowest BCUT2D eigenvalue weighted by atomic mass is 10.1. The Bertz CT molecular complexity index is 669. The molecule has 2 aromatic rings. The van der Waals surface area contributed by atoms with Crippen molar-refractivity contribution in [1.82, 2.24) is 9.97 Å². The second kappa shape index (κ2) is 7.58. The third kappa shape index (κ3) is 5.25. The SMILES string of the molecule is COc1cc(Nc2ccc(NC(=O)CC(C)C)cc2)nc(C)n1. The number of benzene rings is 1. The molecule has 1 aromatic carbocycles. The third-order valence-corrected chi connectivity index (χ3v) is 3.06. The van der Waals surface area contributed by atoms with Crippen LogP contribution in [0.15, 0.2) is 30.3 Å². The van der Waals surface area contributed by atoms with Crippen LogP contribution in [-0.4, -0.2) is 23.0 Å². The summed E-state index contributed by atoms with van der Waals surface area (Å²) < 4.78 is 5.13. The molecule has 0 aliphatic carbocycles. The molecule has 0 bridgehead atoms. The Hall–Kier alpha value is -2.63. The summed E-state index contributed by atoms with van der Waals surface area (Å²) in [6.45, 7) is 5.84. The number of methoxy groups -OCH3 is 1. The summed E-state index contributed by atoms with van der Waals surface area (Å²) in [6.07, 6.45) is 0.514. The lowest BCUT2D eigenvalue weighted by Gasteiger charge is -2.10. The van der Waals surface area contributed by atoms with E-state index in [1.807, 2.05) is 38.1 Å². The van der Waals surface area contributed by atoms with Gasteiger partial charge in [-0.05, 0) is 37.1 Å². The predicted molar refractivity (Wildman–Crippen MR) is 91.1 cm³/mol. The highest BCUT2D eigenvalue weighted by Crippen LogP contribution is 2.20. The summed E-state index contributed by atoms with van der Waals surface area (Å²) in [5, 5.41) is 6.07. The highest BCUT2D eigenvalue weighted by Gasteiger charge is 2.06. The summed E-state index contributed by atoms with van der Waals surface area (Å²) in [5.74, 6) is 2.16. The highest BCUT2D eigenvalue weighted by atomic mass is 16.5. The van der Waals surface area contributed by atoms with Crippen LogP contribution in [0.2, 0.25) is 0 Å². The van der Waals surface area contributed by atoms with Crippen LogP contribution in [0.25, 0.3) is 0 Å². The summed E-state index contributed by atoms with van der Waals surface area (Å²) in [7, 11) is 1.57. The standard InChI is InChI=1S/C17H22N4O2/c1-11(2)9-16(22)21-14-7-5-13(6-8-14)20-15-10-17(23-4)19-12(3)18-15/h5-8,10-11H,9H2,1-4H3,(H,21,22)(H,18,19,20). The molecule has 0 saturated carbocycles. The van der Waals surface area contributed by atoms with E-state index in [4.69, 9.17) is 4.74 Å². The maximum Gasteiger partial charge on any atom is 0.224 e. The van der Waals surface area contributed by atoms with E-state index in [0.29, 0.717) is 29.9 Å². The first kappa shape index (κ1) is 16.7. The number of aryl methyl sites for hydroxylation is 1. The van der Waals surface area contributed by atoms with Crippen LogP contribution < -0.4 is 15.4 Å². The van der Waals surface area contributed by atoms with Crippen LogP contribution in [-0.2, 0) is 4.79 Å². The van der Waals surface area contributed by atoms with Gasteiger partial charge < -0.3 is 15.4 Å². The number of ether oxygens (including phenoxy) is 1. The number of carbonyl (C=O) groups excluding carboxylic acids is 1. The van der Waals surface area contributed by atoms with Gasteiger partial charge in [0.25, 0.3) is 0 Å². The van der Waals surface area contributed by atoms with E-state index in [2.05, 4.69) is 20.6 Å². The van der Waals surface area contributed by atoms with Crippen molar-refractivity contribution >= 4 is 23.1 Å². The van der Waals surface area contributed by atoms with E-state index in [0.717, 1.165) is 11.4 Å². The molecule has 1 amide bonds. The van der Waals surface area contributed by atoms with Crippen molar-refractivity contribution in [1.29, 1.82) is 0 Å². The summed E-state index contributed by atoms with van der Waals surface area (Å²) in [6, 6.07) is 9.20. The van der Waals surface area contributed by atoms with Gasteiger partial charge in [-0.25, -0.2) is 4.98 Å². The van der Waals surface area contributed by atoms with E-state index in [1.54, 1.807) is 20.1 Å². The van der Waals surface area contributed by atoms with Crippen LogP contribution in [0, 0.1) is 12.8 Å². The quantitative estimate of drug-likeness (QED) is 0.853. The molecule has 23 heavy (non-hydrogen) atoms. The maximum atomic E-state index is 11.7. The molecule has 0 atom stereocenters. The van der Waals surface area contributed by atoms with E-state index < -0.39 is 0 Å². The molecule has 1 aromatic heterocycles. The van der Waals surface area contributed by atoms with Gasteiger partial charge in [0.05, 0.1) is 7.11 Å². The molecule has 2 N–H and O–H groups in total. The number of hydrogen-bond acceptors (Lipinski definition) is 5. The number of nitrogens with one attached hydrogen (secondary N) is 2. The number of carbonyl (C=O) groups is 1. The molecule has 0 aliphatic rings. The zero-order chi connectivity index (χ0) is 16.8. The molecule has 0 radical (unpaired) electrons. The molecular formula is C17H22N4O2. The summed E-state index contributed by atoms with van der Waals surface area (Å²) in [4.78, 5) is 20.2. The van der Waals surface area contributed by atoms with Crippen molar-refractivity contribution in [2.24, 2.45) is 5.92 Å². The fraction of sp³-hybridized carbons (Fsp3) is 0.353. The van der Waals surface area contributed by atoms with Gasteiger partial charge in [-0.15, -0.1) is 0 Å². The number of rotatable bonds is 6. The molecule has 122 valence electrons. The first-order valence-corrected chi connectivity index (χ1v) is 7.53. The van der Waals surface area contributed by atoms with Gasteiger partial charge in [-0.1, -0.05) is 13.8 Å². The van der Waals surface area contributed by atoms with Crippen molar-refractivity contribution in [2.45, 2.75) is 27.2 Å². The number of anilines is 3. The van der Waals surface area contributed by atoms with Crippen LogP contribution in [0.5, 0.6) is 5.88 Å². The van der Waals surface area contributed by atoms with Crippen molar-refractivity contribution in [3.63, 3.8) is 0 Å². The average Bonchev–Trinajstić information content (AvgIpc) is 2.47. The molecule has 1 heterocycles. The van der Waals surface area contributed by atoms with E-state index in [9.17, 15) is 4.79 Å². The molecule has 0 fully saturated rings. The Morgan fingerprint density at radius 1 is 1.17 bits per heavy atom. The van der Waals surface area contributed by atoms with Gasteiger partial charge in [0.15, 0.2) is 0 Å². The lowest BCUT2D eigenvalue weighted by Crippen LogP contribution is -2.13. The van der Waals surface area contributed by atoms with Crippen LogP contribution >= 0.6 is 0 Å². The molecule has 6 heteroatoms. The van der Waals surface area contributed by atoms with Gasteiger partial charge >= 0.3 is 0 Å². The average molecular weight is 314 g/mol. The molecule has 2 rings (SSSR count). The topological polar surface area (TPSA) is 76.1 Å². The Labute approximate surface area is 136 Å². The normalized spacial score (nSPS) is 10.5. The van der Waals surface area contributed by atoms with E-state index >= 15 is 0 Å². The monoisotopic (exact) mass is 314 g/mol. The number of nitrogens with zero attached hydrogens (tertiary/aromatic N) is 2. The van der Waals surface area contributed by atoms with Crippen molar-refractivity contribution < 1.29 is 9.53 Å². The smallest absolute Gasteiger partial charge is 0.224 e. The third-order valence-electron chi connectivity index (χ3n) is 3.06. The summed E-state index contributed by atoms with van der Waals surface area (Å²) >= 11 is 0. The molecule has 6 nitrogen and oxygen atoms in total. The second-order valence-corrected chi connectivity index (χ2v) is 5.69. The first-order chi connectivity index (χ1) is 11.0. The minimum absolute atomic E-state index is 0.0249.